The third kappa shape index (κ3) is 6.37. The second-order valence-electron chi connectivity index (χ2n) is 8.05. The molecule has 0 amide bonds. The van der Waals surface area contributed by atoms with Crippen molar-refractivity contribution < 1.29 is 23.4 Å². The summed E-state index contributed by atoms with van der Waals surface area (Å²) < 4.78 is 21.8. The van der Waals surface area contributed by atoms with Gasteiger partial charge < -0.3 is 18.6 Å². The molecule has 3 aromatic rings. The van der Waals surface area contributed by atoms with Crippen LogP contribution in [0.5, 0.6) is 11.5 Å². The average molecular weight is 453 g/mol. The van der Waals surface area contributed by atoms with Gasteiger partial charge in [0.1, 0.15) is 23.3 Å². The van der Waals surface area contributed by atoms with E-state index in [1.807, 2.05) is 12.1 Å². The number of hydrogen-bond donors (Lipinski definition) is 0. The molecular weight excluding hydrogens is 420 g/mol. The summed E-state index contributed by atoms with van der Waals surface area (Å²) in [6, 6.07) is 12.2. The predicted octanol–water partition coefficient (Wildman–Crippen LogP) is 6.14. The zero-order chi connectivity index (χ0) is 23.6. The Morgan fingerprint density at radius 1 is 0.939 bits per heavy atom. The van der Waals surface area contributed by atoms with Gasteiger partial charge in [-0.15, -0.1) is 0 Å². The van der Waals surface area contributed by atoms with Gasteiger partial charge in [0.25, 0.3) is 0 Å². The number of benzene rings is 2. The number of ether oxygens (including phenoxy) is 3. The van der Waals surface area contributed by atoms with Crippen molar-refractivity contribution in [3.8, 4) is 22.6 Å². The lowest BCUT2D eigenvalue weighted by atomic mass is 10.1. The maximum absolute atomic E-state index is 13.0. The van der Waals surface area contributed by atoms with Crippen LogP contribution in [0, 0.1) is 0 Å². The quantitative estimate of drug-likeness (QED) is 0.243. The van der Waals surface area contributed by atoms with E-state index in [1.165, 1.54) is 32.6 Å². The zero-order valence-corrected chi connectivity index (χ0v) is 19.6. The first-order chi connectivity index (χ1) is 16.1. The molecule has 0 spiro atoms. The maximum Gasteiger partial charge on any atom is 0.347 e. The summed E-state index contributed by atoms with van der Waals surface area (Å²) in [5, 5.41) is 0.446. The van der Waals surface area contributed by atoms with Crippen LogP contribution in [0.4, 0.5) is 0 Å². The van der Waals surface area contributed by atoms with Crippen LogP contribution < -0.4 is 14.9 Å². The van der Waals surface area contributed by atoms with Crippen LogP contribution in [0.25, 0.3) is 22.1 Å². The first-order valence-corrected chi connectivity index (χ1v) is 11.5. The molecule has 0 unspecified atom stereocenters. The third-order valence-corrected chi connectivity index (χ3v) is 5.71. The van der Waals surface area contributed by atoms with Crippen molar-refractivity contribution in [2.24, 2.45) is 0 Å². The fourth-order valence-corrected chi connectivity index (χ4v) is 3.78. The van der Waals surface area contributed by atoms with E-state index >= 15 is 0 Å². The molecule has 33 heavy (non-hydrogen) atoms. The number of unbranched alkanes of at least 4 members (excludes halogenated alkanes) is 5. The van der Waals surface area contributed by atoms with Crippen LogP contribution in [0.15, 0.2) is 57.9 Å². The Bertz CT molecular complexity index is 1100. The number of carbonyl (C=O) groups excluding carboxylic acids is 1. The van der Waals surface area contributed by atoms with Crippen molar-refractivity contribution in [2.45, 2.75) is 58.0 Å². The molecular formula is C27H32O6. The lowest BCUT2D eigenvalue weighted by Gasteiger charge is -2.17. The van der Waals surface area contributed by atoms with E-state index in [2.05, 4.69) is 6.92 Å². The number of methoxy groups -OCH3 is 2. The lowest BCUT2D eigenvalue weighted by molar-refractivity contribution is -0.149. The number of rotatable bonds is 12. The highest BCUT2D eigenvalue weighted by molar-refractivity contribution is 5.83. The molecule has 0 aliphatic rings. The molecule has 0 bridgehead atoms. The number of fused-ring (bicyclic) bond motifs is 1. The first-order valence-electron chi connectivity index (χ1n) is 11.5. The lowest BCUT2D eigenvalue weighted by Crippen LogP contribution is -2.28. The molecule has 176 valence electrons. The summed E-state index contributed by atoms with van der Waals surface area (Å²) in [4.78, 5) is 25.2. The Morgan fingerprint density at radius 3 is 2.33 bits per heavy atom. The van der Waals surface area contributed by atoms with Crippen molar-refractivity contribution in [3.05, 3.63) is 59.0 Å². The van der Waals surface area contributed by atoms with Crippen LogP contribution in [0.3, 0.4) is 0 Å². The fraction of sp³-hybridized carbons (Fsp3) is 0.407. The molecule has 2 aromatic carbocycles. The van der Waals surface area contributed by atoms with Crippen molar-refractivity contribution in [2.75, 3.05) is 14.2 Å². The zero-order valence-electron chi connectivity index (χ0n) is 19.6. The molecule has 0 saturated heterocycles. The Kier molecular flexibility index (Phi) is 8.93. The molecule has 6 heteroatoms. The molecule has 1 atom stereocenters. The highest BCUT2D eigenvalue weighted by Crippen LogP contribution is 2.25. The largest absolute Gasteiger partial charge is 0.497 e. The van der Waals surface area contributed by atoms with Gasteiger partial charge in [0.15, 0.2) is 11.5 Å². The summed E-state index contributed by atoms with van der Waals surface area (Å²) in [5.74, 6) is 0.774. The molecule has 0 saturated carbocycles. The van der Waals surface area contributed by atoms with E-state index < -0.39 is 12.1 Å². The van der Waals surface area contributed by atoms with Crippen LogP contribution in [-0.2, 0) is 9.53 Å². The summed E-state index contributed by atoms with van der Waals surface area (Å²) in [6.07, 6.45) is 8.08. The van der Waals surface area contributed by atoms with Crippen LogP contribution >= 0.6 is 0 Å². The van der Waals surface area contributed by atoms with Crippen molar-refractivity contribution in [1.29, 1.82) is 0 Å². The Morgan fingerprint density at radius 2 is 1.64 bits per heavy atom. The second-order valence-corrected chi connectivity index (χ2v) is 8.05. The molecule has 0 radical (unpaired) electrons. The van der Waals surface area contributed by atoms with Crippen LogP contribution in [0.2, 0.25) is 0 Å². The van der Waals surface area contributed by atoms with Crippen molar-refractivity contribution >= 4 is 16.9 Å². The topological polar surface area (TPSA) is 75.0 Å². The van der Waals surface area contributed by atoms with Gasteiger partial charge in [-0.25, -0.2) is 4.79 Å². The van der Waals surface area contributed by atoms with E-state index in [-0.39, 0.29) is 5.43 Å². The molecule has 0 aliphatic heterocycles. The maximum atomic E-state index is 13.0. The first kappa shape index (κ1) is 24.4. The van der Waals surface area contributed by atoms with Crippen LogP contribution in [-0.4, -0.2) is 26.3 Å². The summed E-state index contributed by atoms with van der Waals surface area (Å²) in [5.41, 5.74) is 1.48. The summed E-state index contributed by atoms with van der Waals surface area (Å²) in [6.45, 7) is 2.19. The van der Waals surface area contributed by atoms with Gasteiger partial charge in [-0.1, -0.05) is 51.2 Å². The van der Waals surface area contributed by atoms with Gasteiger partial charge in [-0.3, -0.25) is 4.79 Å². The van der Waals surface area contributed by atoms with Gasteiger partial charge in [-0.05, 0) is 42.7 Å². The SMILES string of the molecule is CCCCCCCC[C@@H](Oc1ccc2c(=O)c(-c3ccc(OC)cc3)coc2c1)C(=O)OC. The van der Waals surface area contributed by atoms with Gasteiger partial charge in [0.05, 0.1) is 25.2 Å². The Labute approximate surface area is 194 Å². The predicted molar refractivity (Wildman–Crippen MR) is 129 cm³/mol. The highest BCUT2D eigenvalue weighted by atomic mass is 16.6. The van der Waals surface area contributed by atoms with Crippen LogP contribution in [0.1, 0.15) is 51.9 Å². The van der Waals surface area contributed by atoms with Gasteiger partial charge >= 0.3 is 5.97 Å². The Balaban J connectivity index is 1.74. The Hall–Kier alpha value is -3.28. The molecule has 0 aliphatic carbocycles. The van der Waals surface area contributed by atoms with Crippen molar-refractivity contribution in [1.82, 2.24) is 0 Å². The number of hydrogen-bond acceptors (Lipinski definition) is 6. The van der Waals surface area contributed by atoms with E-state index in [0.29, 0.717) is 34.5 Å². The third-order valence-electron chi connectivity index (χ3n) is 5.71. The van der Waals surface area contributed by atoms with E-state index in [1.54, 1.807) is 37.4 Å². The van der Waals surface area contributed by atoms with E-state index in [4.69, 9.17) is 18.6 Å². The minimum atomic E-state index is -0.691. The average Bonchev–Trinajstić information content (AvgIpc) is 2.85. The minimum absolute atomic E-state index is 0.135. The monoisotopic (exact) mass is 452 g/mol. The number of esters is 1. The second kappa shape index (κ2) is 12.1. The molecule has 0 fully saturated rings. The smallest absolute Gasteiger partial charge is 0.347 e. The molecule has 3 rings (SSSR count). The minimum Gasteiger partial charge on any atom is -0.497 e. The van der Waals surface area contributed by atoms with E-state index in [0.717, 1.165) is 24.8 Å². The molecule has 1 heterocycles. The molecule has 6 nitrogen and oxygen atoms in total. The molecule has 1 aromatic heterocycles. The standard InChI is InChI=1S/C27H32O6/c1-4-5-6-7-8-9-10-24(27(29)31-3)33-21-15-16-22-25(17-21)32-18-23(26(22)28)19-11-13-20(30-2)14-12-19/h11-18,24H,4-10H2,1-3H3/t24-/m1/s1. The summed E-state index contributed by atoms with van der Waals surface area (Å²) >= 11 is 0. The van der Waals surface area contributed by atoms with Gasteiger partial charge in [0, 0.05) is 6.07 Å². The van der Waals surface area contributed by atoms with E-state index in [9.17, 15) is 9.59 Å². The summed E-state index contributed by atoms with van der Waals surface area (Å²) in [7, 11) is 2.96. The molecule has 0 N–H and O–H groups in total. The number of carbonyl (C=O) groups is 1. The van der Waals surface area contributed by atoms with Gasteiger partial charge in [0.2, 0.25) is 0 Å². The fourth-order valence-electron chi connectivity index (χ4n) is 3.78. The normalized spacial score (nSPS) is 11.8. The highest BCUT2D eigenvalue weighted by Gasteiger charge is 2.21. The van der Waals surface area contributed by atoms with Crippen molar-refractivity contribution in [3.63, 3.8) is 0 Å². The van der Waals surface area contributed by atoms with Gasteiger partial charge in [-0.2, -0.15) is 0 Å².